The predicted octanol–water partition coefficient (Wildman–Crippen LogP) is 0.00890. The molecule has 2 saturated heterocycles. The zero-order valence-corrected chi connectivity index (χ0v) is 13.6. The number of morpholine rings is 1. The Morgan fingerprint density at radius 1 is 1.24 bits per heavy atom. The van der Waals surface area contributed by atoms with E-state index in [-0.39, 0.29) is 17.5 Å². The molecule has 0 aromatic rings. The van der Waals surface area contributed by atoms with Crippen LogP contribution in [0.1, 0.15) is 20.8 Å². The minimum Gasteiger partial charge on any atom is -0.444 e. The van der Waals surface area contributed by atoms with E-state index >= 15 is 0 Å². The number of alkyl carbamates (subject to hydrolysis) is 1. The first kappa shape index (κ1) is 16.5. The van der Waals surface area contributed by atoms with Crippen molar-refractivity contribution in [1.82, 2.24) is 10.2 Å². The monoisotopic (exact) mass is 320 g/mol. The number of amides is 1. The highest BCUT2D eigenvalue weighted by Crippen LogP contribution is 2.20. The van der Waals surface area contributed by atoms with Gasteiger partial charge in [-0.25, -0.2) is 13.2 Å². The molecule has 0 saturated carbocycles. The highest BCUT2D eigenvalue weighted by atomic mass is 32.2. The van der Waals surface area contributed by atoms with E-state index in [0.717, 1.165) is 0 Å². The van der Waals surface area contributed by atoms with Gasteiger partial charge in [0.1, 0.15) is 5.60 Å². The van der Waals surface area contributed by atoms with Gasteiger partial charge in [-0.1, -0.05) is 0 Å². The van der Waals surface area contributed by atoms with Crippen LogP contribution in [-0.4, -0.2) is 74.9 Å². The van der Waals surface area contributed by atoms with E-state index in [1.165, 1.54) is 0 Å². The van der Waals surface area contributed by atoms with Crippen LogP contribution in [-0.2, 0) is 19.3 Å². The molecule has 21 heavy (non-hydrogen) atoms. The molecule has 2 heterocycles. The van der Waals surface area contributed by atoms with E-state index in [4.69, 9.17) is 9.47 Å². The smallest absolute Gasteiger partial charge is 0.407 e. The average Bonchev–Trinajstić information content (AvgIpc) is 2.63. The molecule has 2 atom stereocenters. The second-order valence-electron chi connectivity index (χ2n) is 6.55. The molecular formula is C13H24N2O5S. The summed E-state index contributed by atoms with van der Waals surface area (Å²) in [6, 6.07) is -0.630. The Morgan fingerprint density at radius 3 is 2.43 bits per heavy atom. The predicted molar refractivity (Wildman–Crippen MR) is 78.0 cm³/mol. The van der Waals surface area contributed by atoms with Crippen molar-refractivity contribution in [1.29, 1.82) is 0 Å². The Balaban J connectivity index is 2.02. The van der Waals surface area contributed by atoms with Gasteiger partial charge in [-0.3, -0.25) is 4.90 Å². The van der Waals surface area contributed by atoms with Gasteiger partial charge in [0.2, 0.25) is 0 Å². The van der Waals surface area contributed by atoms with Gasteiger partial charge in [0, 0.05) is 19.1 Å². The molecule has 0 spiro atoms. The fraction of sp³-hybridized carbons (Fsp3) is 0.923. The second-order valence-corrected chi connectivity index (χ2v) is 8.70. The number of nitrogens with zero attached hydrogens (tertiary/aromatic N) is 1. The normalized spacial score (nSPS) is 30.0. The molecule has 0 radical (unpaired) electrons. The number of sulfone groups is 1. The number of nitrogens with one attached hydrogen (secondary N) is 1. The Labute approximate surface area is 125 Å². The molecule has 0 aliphatic carbocycles. The van der Waals surface area contributed by atoms with Crippen molar-refractivity contribution in [3.05, 3.63) is 0 Å². The van der Waals surface area contributed by atoms with Crippen LogP contribution in [0, 0.1) is 0 Å². The van der Waals surface area contributed by atoms with Crippen molar-refractivity contribution < 1.29 is 22.7 Å². The van der Waals surface area contributed by atoms with Crippen LogP contribution in [0.4, 0.5) is 4.79 Å². The van der Waals surface area contributed by atoms with Crippen molar-refractivity contribution in [2.75, 3.05) is 37.8 Å². The summed E-state index contributed by atoms with van der Waals surface area (Å²) in [4.78, 5) is 14.0. The Bertz CT molecular complexity index is 479. The molecule has 2 aliphatic heterocycles. The zero-order valence-electron chi connectivity index (χ0n) is 12.8. The third-order valence-corrected chi connectivity index (χ3v) is 5.26. The third-order valence-electron chi connectivity index (χ3n) is 3.54. The van der Waals surface area contributed by atoms with Crippen molar-refractivity contribution >= 4 is 15.9 Å². The van der Waals surface area contributed by atoms with Crippen molar-refractivity contribution in [3.8, 4) is 0 Å². The summed E-state index contributed by atoms with van der Waals surface area (Å²) in [5.41, 5.74) is -0.601. The van der Waals surface area contributed by atoms with Crippen molar-refractivity contribution in [2.45, 2.75) is 38.5 Å². The molecule has 2 fully saturated rings. The lowest BCUT2D eigenvalue weighted by Crippen LogP contribution is -2.54. The molecule has 0 aromatic heterocycles. The number of carbonyl (C=O) groups excluding carboxylic acids is 1. The molecule has 1 N–H and O–H groups in total. The van der Waals surface area contributed by atoms with Gasteiger partial charge >= 0.3 is 6.09 Å². The Hall–Kier alpha value is -0.860. The number of hydrogen-bond donors (Lipinski definition) is 1. The molecule has 0 bridgehead atoms. The summed E-state index contributed by atoms with van der Waals surface area (Å²) >= 11 is 0. The maximum atomic E-state index is 11.9. The van der Waals surface area contributed by atoms with Gasteiger partial charge in [0.05, 0.1) is 30.8 Å². The highest BCUT2D eigenvalue weighted by molar-refractivity contribution is 7.91. The first-order chi connectivity index (χ1) is 9.66. The maximum absolute atomic E-state index is 11.9. The number of hydrogen-bond acceptors (Lipinski definition) is 6. The Kier molecular flexibility index (Phi) is 4.79. The van der Waals surface area contributed by atoms with Crippen molar-refractivity contribution in [2.24, 2.45) is 0 Å². The molecule has 122 valence electrons. The zero-order chi connectivity index (χ0) is 15.7. The molecule has 8 heteroatoms. The van der Waals surface area contributed by atoms with Crippen molar-refractivity contribution in [3.63, 3.8) is 0 Å². The fourth-order valence-electron chi connectivity index (χ4n) is 2.69. The molecule has 2 rings (SSSR count). The van der Waals surface area contributed by atoms with Crippen LogP contribution in [0.5, 0.6) is 0 Å². The summed E-state index contributed by atoms with van der Waals surface area (Å²) in [5.74, 6) is 0.0434. The highest BCUT2D eigenvalue weighted by Gasteiger charge is 2.42. The Morgan fingerprint density at radius 2 is 1.86 bits per heavy atom. The van der Waals surface area contributed by atoms with E-state index in [1.807, 2.05) is 0 Å². The summed E-state index contributed by atoms with van der Waals surface area (Å²) in [7, 11) is -3.14. The number of carbonyl (C=O) groups is 1. The minimum atomic E-state index is -3.14. The van der Waals surface area contributed by atoms with E-state index in [2.05, 4.69) is 10.2 Å². The van der Waals surface area contributed by atoms with Gasteiger partial charge in [-0.15, -0.1) is 0 Å². The summed E-state index contributed by atoms with van der Waals surface area (Å²) in [6.45, 7) is 7.89. The maximum Gasteiger partial charge on any atom is 0.407 e. The van der Waals surface area contributed by atoms with Crippen LogP contribution >= 0.6 is 0 Å². The van der Waals surface area contributed by atoms with Crippen LogP contribution in [0.3, 0.4) is 0 Å². The average molecular weight is 320 g/mol. The SMILES string of the molecule is CC(C)(C)OC(=O)N[C@H]1CS(=O)(=O)C[C@H]1N1CCOCC1. The molecule has 0 aromatic carbocycles. The summed E-state index contributed by atoms with van der Waals surface area (Å²) < 4.78 is 34.3. The van der Waals surface area contributed by atoms with E-state index < -0.39 is 27.6 Å². The lowest BCUT2D eigenvalue weighted by Gasteiger charge is -2.35. The van der Waals surface area contributed by atoms with E-state index in [0.29, 0.717) is 26.3 Å². The lowest BCUT2D eigenvalue weighted by molar-refractivity contribution is 0.0133. The van der Waals surface area contributed by atoms with Gasteiger partial charge in [-0.2, -0.15) is 0 Å². The van der Waals surface area contributed by atoms with Crippen LogP contribution in [0.25, 0.3) is 0 Å². The number of rotatable bonds is 2. The first-order valence-electron chi connectivity index (χ1n) is 7.18. The van der Waals surface area contributed by atoms with E-state index in [9.17, 15) is 13.2 Å². The number of ether oxygens (including phenoxy) is 2. The topological polar surface area (TPSA) is 84.9 Å². The summed E-state index contributed by atoms with van der Waals surface area (Å²) in [5, 5.41) is 2.72. The minimum absolute atomic E-state index is 0.0335. The molecule has 0 unspecified atom stereocenters. The molecule has 1 amide bonds. The third kappa shape index (κ3) is 4.82. The van der Waals surface area contributed by atoms with Crippen LogP contribution in [0.15, 0.2) is 0 Å². The second kappa shape index (κ2) is 6.10. The molecular weight excluding hydrogens is 296 g/mol. The van der Waals surface area contributed by atoms with Crippen LogP contribution in [0.2, 0.25) is 0 Å². The molecule has 7 nitrogen and oxygen atoms in total. The quantitative estimate of drug-likeness (QED) is 0.771. The molecule has 2 aliphatic rings. The van der Waals surface area contributed by atoms with Gasteiger partial charge in [-0.05, 0) is 20.8 Å². The van der Waals surface area contributed by atoms with Gasteiger partial charge in [0.25, 0.3) is 0 Å². The summed E-state index contributed by atoms with van der Waals surface area (Å²) in [6.07, 6.45) is -0.567. The van der Waals surface area contributed by atoms with Gasteiger partial charge < -0.3 is 14.8 Å². The standard InChI is InChI=1S/C13H24N2O5S/c1-13(2,3)20-12(16)14-10-8-21(17,18)9-11(10)15-4-6-19-7-5-15/h10-11H,4-9H2,1-3H3,(H,14,16)/t10-,11+/m0/s1. The van der Waals surface area contributed by atoms with Gasteiger partial charge in [0.15, 0.2) is 9.84 Å². The first-order valence-corrected chi connectivity index (χ1v) is 9.00. The van der Waals surface area contributed by atoms with E-state index in [1.54, 1.807) is 20.8 Å². The largest absolute Gasteiger partial charge is 0.444 e. The lowest BCUT2D eigenvalue weighted by atomic mass is 10.1. The van der Waals surface area contributed by atoms with Crippen LogP contribution < -0.4 is 5.32 Å². The fourth-order valence-corrected chi connectivity index (χ4v) is 4.65.